The van der Waals surface area contributed by atoms with Gasteiger partial charge < -0.3 is 4.74 Å². The molecule has 0 bridgehead atoms. The fourth-order valence-corrected chi connectivity index (χ4v) is 3.60. The Balaban J connectivity index is 2.23. The SMILES string of the molecule is CCOc1nc2sc3c(c2c(=O)[nH]1)CCCC3. The second-order valence-corrected chi connectivity index (χ2v) is 5.28. The third kappa shape index (κ3) is 1.74. The molecule has 0 fully saturated rings. The number of aryl methyl sites for hydroxylation is 2. The van der Waals surface area contributed by atoms with Crippen LogP contribution in [0.15, 0.2) is 4.79 Å². The van der Waals surface area contributed by atoms with Gasteiger partial charge in [0.1, 0.15) is 4.83 Å². The first-order valence-corrected chi connectivity index (χ1v) is 6.78. The Morgan fingerprint density at radius 2 is 2.24 bits per heavy atom. The summed E-state index contributed by atoms with van der Waals surface area (Å²) in [6, 6.07) is 0.337. The predicted octanol–water partition coefficient (Wildman–Crippen LogP) is 2.26. The minimum Gasteiger partial charge on any atom is -0.465 e. The zero-order chi connectivity index (χ0) is 11.8. The van der Waals surface area contributed by atoms with Gasteiger partial charge in [0.25, 0.3) is 11.6 Å². The van der Waals surface area contributed by atoms with Crippen LogP contribution in [0.1, 0.15) is 30.2 Å². The molecule has 3 rings (SSSR count). The van der Waals surface area contributed by atoms with E-state index in [9.17, 15) is 4.79 Å². The first-order valence-electron chi connectivity index (χ1n) is 5.97. The van der Waals surface area contributed by atoms with E-state index in [1.165, 1.54) is 23.3 Å². The molecule has 0 aliphatic heterocycles. The summed E-state index contributed by atoms with van der Waals surface area (Å²) in [4.78, 5) is 21.3. The minimum atomic E-state index is -0.0575. The van der Waals surface area contributed by atoms with Gasteiger partial charge in [-0.2, -0.15) is 4.98 Å². The smallest absolute Gasteiger partial charge is 0.297 e. The lowest BCUT2D eigenvalue weighted by molar-refractivity contribution is 0.313. The lowest BCUT2D eigenvalue weighted by Gasteiger charge is -2.09. The molecular formula is C12H14N2O2S. The van der Waals surface area contributed by atoms with Gasteiger partial charge in [0.2, 0.25) is 0 Å². The summed E-state index contributed by atoms with van der Waals surface area (Å²) in [7, 11) is 0. The molecule has 2 aromatic heterocycles. The van der Waals surface area contributed by atoms with Crippen molar-refractivity contribution in [2.75, 3.05) is 6.61 Å². The van der Waals surface area contributed by atoms with Gasteiger partial charge in [-0.25, -0.2) is 0 Å². The molecule has 0 spiro atoms. The normalized spacial score (nSPS) is 14.9. The third-order valence-corrected chi connectivity index (χ3v) is 4.27. The van der Waals surface area contributed by atoms with Crippen LogP contribution >= 0.6 is 11.3 Å². The number of H-pyrrole nitrogens is 1. The Kier molecular flexibility index (Phi) is 2.63. The summed E-state index contributed by atoms with van der Waals surface area (Å²) in [5.74, 6) is 0. The minimum absolute atomic E-state index is 0.0575. The number of nitrogens with one attached hydrogen (secondary N) is 1. The lowest BCUT2D eigenvalue weighted by atomic mass is 9.97. The molecule has 0 atom stereocenters. The standard InChI is InChI=1S/C12H14N2O2S/c1-2-16-12-13-10(15)9-7-5-3-4-6-8(7)17-11(9)14-12/h2-6H2,1H3,(H,13,14,15). The van der Waals surface area contributed by atoms with Crippen molar-refractivity contribution in [1.82, 2.24) is 9.97 Å². The van der Waals surface area contributed by atoms with E-state index >= 15 is 0 Å². The number of hydrogen-bond acceptors (Lipinski definition) is 4. The summed E-state index contributed by atoms with van der Waals surface area (Å²) in [5, 5.41) is 0.785. The van der Waals surface area contributed by atoms with Crippen LogP contribution in [0.4, 0.5) is 0 Å². The van der Waals surface area contributed by atoms with Crippen molar-refractivity contribution in [1.29, 1.82) is 0 Å². The molecule has 5 heteroatoms. The molecule has 17 heavy (non-hydrogen) atoms. The fraction of sp³-hybridized carbons (Fsp3) is 0.500. The van der Waals surface area contributed by atoms with Crippen LogP contribution in [0.2, 0.25) is 0 Å². The van der Waals surface area contributed by atoms with Gasteiger partial charge in [-0.15, -0.1) is 11.3 Å². The Morgan fingerprint density at radius 1 is 1.41 bits per heavy atom. The topological polar surface area (TPSA) is 55.0 Å². The number of nitrogens with zero attached hydrogens (tertiary/aromatic N) is 1. The van der Waals surface area contributed by atoms with E-state index in [0.29, 0.717) is 12.6 Å². The van der Waals surface area contributed by atoms with Crippen molar-refractivity contribution in [3.63, 3.8) is 0 Å². The van der Waals surface area contributed by atoms with Gasteiger partial charge in [-0.1, -0.05) is 0 Å². The quantitative estimate of drug-likeness (QED) is 0.889. The second kappa shape index (κ2) is 4.14. The maximum absolute atomic E-state index is 12.0. The molecule has 2 aromatic rings. The maximum atomic E-state index is 12.0. The molecule has 90 valence electrons. The first kappa shape index (κ1) is 10.8. The largest absolute Gasteiger partial charge is 0.465 e. The molecular weight excluding hydrogens is 236 g/mol. The number of fused-ring (bicyclic) bond motifs is 3. The maximum Gasteiger partial charge on any atom is 0.297 e. The molecule has 0 unspecified atom stereocenters. The van der Waals surface area contributed by atoms with Crippen LogP contribution in [0.5, 0.6) is 6.01 Å². The van der Waals surface area contributed by atoms with Crippen LogP contribution in [-0.4, -0.2) is 16.6 Å². The molecule has 0 saturated heterocycles. The number of aromatic amines is 1. The van der Waals surface area contributed by atoms with Crippen LogP contribution in [0.25, 0.3) is 10.2 Å². The monoisotopic (exact) mass is 250 g/mol. The van der Waals surface area contributed by atoms with Crippen LogP contribution in [-0.2, 0) is 12.8 Å². The highest BCUT2D eigenvalue weighted by Crippen LogP contribution is 2.33. The van der Waals surface area contributed by atoms with E-state index in [0.717, 1.165) is 23.1 Å². The van der Waals surface area contributed by atoms with E-state index < -0.39 is 0 Å². The average Bonchev–Trinajstić information content (AvgIpc) is 2.67. The summed E-state index contributed by atoms with van der Waals surface area (Å²) < 4.78 is 5.27. The van der Waals surface area contributed by atoms with Gasteiger partial charge in [0.15, 0.2) is 0 Å². The molecule has 1 N–H and O–H groups in total. The van der Waals surface area contributed by atoms with Crippen LogP contribution in [0, 0.1) is 0 Å². The highest BCUT2D eigenvalue weighted by molar-refractivity contribution is 7.18. The van der Waals surface area contributed by atoms with Gasteiger partial charge >= 0.3 is 0 Å². The zero-order valence-electron chi connectivity index (χ0n) is 9.71. The molecule has 1 aliphatic carbocycles. The van der Waals surface area contributed by atoms with E-state index in [4.69, 9.17) is 4.74 Å². The van der Waals surface area contributed by atoms with E-state index in [-0.39, 0.29) is 5.56 Å². The highest BCUT2D eigenvalue weighted by atomic mass is 32.1. The van der Waals surface area contributed by atoms with Gasteiger partial charge in [0.05, 0.1) is 12.0 Å². The number of rotatable bonds is 2. The summed E-state index contributed by atoms with van der Waals surface area (Å²) >= 11 is 1.64. The van der Waals surface area contributed by atoms with E-state index in [1.807, 2.05) is 6.92 Å². The average molecular weight is 250 g/mol. The van der Waals surface area contributed by atoms with Crippen LogP contribution < -0.4 is 10.3 Å². The zero-order valence-corrected chi connectivity index (χ0v) is 10.5. The predicted molar refractivity (Wildman–Crippen MR) is 68.1 cm³/mol. The molecule has 0 saturated carbocycles. The van der Waals surface area contributed by atoms with Crippen molar-refractivity contribution in [2.45, 2.75) is 32.6 Å². The van der Waals surface area contributed by atoms with Crippen molar-refractivity contribution >= 4 is 21.6 Å². The second-order valence-electron chi connectivity index (χ2n) is 4.20. The van der Waals surface area contributed by atoms with Crippen LogP contribution in [0.3, 0.4) is 0 Å². The summed E-state index contributed by atoms with van der Waals surface area (Å²) in [6.07, 6.45) is 4.48. The molecule has 2 heterocycles. The molecule has 1 aliphatic rings. The number of thiophene rings is 1. The Hall–Kier alpha value is -1.36. The molecule has 0 aromatic carbocycles. The Bertz CT molecular complexity index is 615. The molecule has 4 nitrogen and oxygen atoms in total. The number of aromatic nitrogens is 2. The fourth-order valence-electron chi connectivity index (χ4n) is 2.35. The van der Waals surface area contributed by atoms with Crippen molar-refractivity contribution in [2.24, 2.45) is 0 Å². The third-order valence-electron chi connectivity index (χ3n) is 3.08. The van der Waals surface area contributed by atoms with Gasteiger partial charge in [-0.3, -0.25) is 9.78 Å². The Labute approximate surface area is 103 Å². The number of ether oxygens (including phenoxy) is 1. The van der Waals surface area contributed by atoms with Crippen molar-refractivity contribution in [3.05, 3.63) is 20.8 Å². The van der Waals surface area contributed by atoms with E-state index in [2.05, 4.69) is 9.97 Å². The van der Waals surface area contributed by atoms with Crippen molar-refractivity contribution in [3.8, 4) is 6.01 Å². The van der Waals surface area contributed by atoms with E-state index in [1.54, 1.807) is 11.3 Å². The highest BCUT2D eigenvalue weighted by Gasteiger charge is 2.19. The van der Waals surface area contributed by atoms with Gasteiger partial charge in [0, 0.05) is 4.88 Å². The summed E-state index contributed by atoms with van der Waals surface area (Å²) in [6.45, 7) is 2.39. The Morgan fingerprint density at radius 3 is 3.06 bits per heavy atom. The van der Waals surface area contributed by atoms with Crippen molar-refractivity contribution < 1.29 is 4.74 Å². The first-order chi connectivity index (χ1) is 8.29. The van der Waals surface area contributed by atoms with Gasteiger partial charge in [-0.05, 0) is 38.2 Å². The molecule has 0 amide bonds. The summed E-state index contributed by atoms with van der Waals surface area (Å²) in [5.41, 5.74) is 1.16. The lowest BCUT2D eigenvalue weighted by Crippen LogP contribution is -2.12. The number of hydrogen-bond donors (Lipinski definition) is 1. The molecule has 0 radical (unpaired) electrons.